The molecule has 0 aliphatic carbocycles. The van der Waals surface area contributed by atoms with Crippen LogP contribution in [0.4, 0.5) is 5.69 Å². The van der Waals surface area contributed by atoms with E-state index in [4.69, 9.17) is 4.42 Å². The highest BCUT2D eigenvalue weighted by atomic mass is 16.3. The molecule has 4 nitrogen and oxygen atoms in total. The number of aryl methyl sites for hydroxylation is 1. The quantitative estimate of drug-likeness (QED) is 0.536. The fourth-order valence-corrected chi connectivity index (χ4v) is 3.27. The lowest BCUT2D eigenvalue weighted by Crippen LogP contribution is -2.10. The number of benzene rings is 2. The highest BCUT2D eigenvalue weighted by molar-refractivity contribution is 5.83. The zero-order valence-electron chi connectivity index (χ0n) is 15.3. The van der Waals surface area contributed by atoms with Crippen LogP contribution in [0.15, 0.2) is 82.3 Å². The summed E-state index contributed by atoms with van der Waals surface area (Å²) in [5.74, 6) is 0.526. The van der Waals surface area contributed by atoms with Crippen molar-refractivity contribution in [1.82, 2.24) is 4.98 Å². The van der Waals surface area contributed by atoms with Gasteiger partial charge in [-0.25, -0.2) is 0 Å². The molecule has 4 aromatic rings. The summed E-state index contributed by atoms with van der Waals surface area (Å²) in [6.45, 7) is 4.06. The molecule has 1 N–H and O–H groups in total. The lowest BCUT2D eigenvalue weighted by Gasteiger charge is -2.18. The molecule has 134 valence electrons. The first-order valence-electron chi connectivity index (χ1n) is 8.92. The van der Waals surface area contributed by atoms with Gasteiger partial charge < -0.3 is 9.73 Å². The Morgan fingerprint density at radius 1 is 1.04 bits per heavy atom. The molecular formula is C23H20N2O2. The van der Waals surface area contributed by atoms with Crippen LogP contribution in [-0.4, -0.2) is 4.98 Å². The van der Waals surface area contributed by atoms with Gasteiger partial charge in [0.05, 0.1) is 11.4 Å². The van der Waals surface area contributed by atoms with Crippen LogP contribution in [0.1, 0.15) is 24.1 Å². The van der Waals surface area contributed by atoms with Crippen LogP contribution in [0.5, 0.6) is 0 Å². The second kappa shape index (κ2) is 7.08. The fourth-order valence-electron chi connectivity index (χ4n) is 3.27. The first-order chi connectivity index (χ1) is 13.1. The number of pyridine rings is 1. The Hall–Kier alpha value is -3.40. The Bertz CT molecular complexity index is 1140. The normalized spacial score (nSPS) is 12.1. The molecule has 4 heteroatoms. The van der Waals surface area contributed by atoms with Crippen LogP contribution in [0.25, 0.3) is 22.3 Å². The molecule has 27 heavy (non-hydrogen) atoms. The molecule has 1 atom stereocenters. The van der Waals surface area contributed by atoms with Crippen LogP contribution in [0.3, 0.4) is 0 Å². The van der Waals surface area contributed by atoms with Gasteiger partial charge in [0.2, 0.25) is 0 Å². The molecule has 2 aromatic heterocycles. The summed E-state index contributed by atoms with van der Waals surface area (Å²) in [4.78, 5) is 16.9. The Morgan fingerprint density at radius 2 is 1.85 bits per heavy atom. The van der Waals surface area contributed by atoms with Crippen LogP contribution >= 0.6 is 0 Å². The zero-order valence-corrected chi connectivity index (χ0v) is 15.3. The summed E-state index contributed by atoms with van der Waals surface area (Å²) < 4.78 is 6.19. The summed E-state index contributed by atoms with van der Waals surface area (Å²) >= 11 is 0. The van der Waals surface area contributed by atoms with E-state index in [2.05, 4.69) is 23.3 Å². The topological polar surface area (TPSA) is 55.1 Å². The number of hydrogen-bond donors (Lipinski definition) is 1. The van der Waals surface area contributed by atoms with Gasteiger partial charge >= 0.3 is 0 Å². The van der Waals surface area contributed by atoms with Crippen LogP contribution in [0.2, 0.25) is 0 Å². The monoisotopic (exact) mass is 356 g/mol. The van der Waals surface area contributed by atoms with E-state index < -0.39 is 0 Å². The number of hydrogen-bond acceptors (Lipinski definition) is 4. The highest BCUT2D eigenvalue weighted by Crippen LogP contribution is 2.30. The van der Waals surface area contributed by atoms with Gasteiger partial charge in [0.1, 0.15) is 11.3 Å². The third-order valence-corrected chi connectivity index (χ3v) is 4.57. The molecule has 2 heterocycles. The van der Waals surface area contributed by atoms with E-state index in [-0.39, 0.29) is 11.5 Å². The van der Waals surface area contributed by atoms with Crippen molar-refractivity contribution in [3.63, 3.8) is 0 Å². The Kier molecular flexibility index (Phi) is 4.47. The molecule has 0 aliphatic rings. The average molecular weight is 356 g/mol. The van der Waals surface area contributed by atoms with E-state index in [0.717, 1.165) is 22.4 Å². The lowest BCUT2D eigenvalue weighted by atomic mass is 10.0. The van der Waals surface area contributed by atoms with Gasteiger partial charge in [-0.15, -0.1) is 0 Å². The van der Waals surface area contributed by atoms with Crippen LogP contribution in [-0.2, 0) is 0 Å². The molecular weight excluding hydrogens is 336 g/mol. The van der Waals surface area contributed by atoms with Gasteiger partial charge in [-0.05, 0) is 49.7 Å². The molecule has 1 unspecified atom stereocenters. The first kappa shape index (κ1) is 17.0. The van der Waals surface area contributed by atoms with E-state index in [0.29, 0.717) is 16.7 Å². The molecule has 0 fully saturated rings. The smallest absolute Gasteiger partial charge is 0.193 e. The number of para-hydroxylation sites is 1. The van der Waals surface area contributed by atoms with Crippen molar-refractivity contribution < 1.29 is 4.42 Å². The predicted octanol–water partition coefficient (Wildman–Crippen LogP) is 5.34. The number of nitrogens with zero attached hydrogens (tertiary/aromatic N) is 1. The summed E-state index contributed by atoms with van der Waals surface area (Å²) in [5.41, 5.74) is 4.35. The summed E-state index contributed by atoms with van der Waals surface area (Å²) in [7, 11) is 0. The van der Waals surface area contributed by atoms with E-state index in [1.807, 2.05) is 55.5 Å². The van der Waals surface area contributed by atoms with Crippen molar-refractivity contribution in [2.75, 3.05) is 5.32 Å². The Morgan fingerprint density at radius 3 is 2.59 bits per heavy atom. The molecule has 0 radical (unpaired) electrons. The first-order valence-corrected chi connectivity index (χ1v) is 8.92. The van der Waals surface area contributed by atoms with Gasteiger partial charge in [0, 0.05) is 35.3 Å². The summed E-state index contributed by atoms with van der Waals surface area (Å²) in [6.07, 6.45) is 3.40. The fraction of sp³-hybridized carbons (Fsp3) is 0.130. The lowest BCUT2D eigenvalue weighted by molar-refractivity contribution is 0.610. The van der Waals surface area contributed by atoms with E-state index >= 15 is 0 Å². The van der Waals surface area contributed by atoms with Gasteiger partial charge in [0.15, 0.2) is 5.43 Å². The van der Waals surface area contributed by atoms with Crippen molar-refractivity contribution in [1.29, 1.82) is 0 Å². The van der Waals surface area contributed by atoms with Gasteiger partial charge in [-0.3, -0.25) is 9.78 Å². The third kappa shape index (κ3) is 3.47. The number of anilines is 1. The molecule has 0 aliphatic heterocycles. The van der Waals surface area contributed by atoms with E-state index in [1.54, 1.807) is 12.4 Å². The van der Waals surface area contributed by atoms with Gasteiger partial charge in [-0.1, -0.05) is 24.3 Å². The maximum absolute atomic E-state index is 12.8. The van der Waals surface area contributed by atoms with Crippen molar-refractivity contribution in [2.45, 2.75) is 19.9 Å². The second-order valence-electron chi connectivity index (χ2n) is 6.68. The zero-order chi connectivity index (χ0) is 18.8. The summed E-state index contributed by atoms with van der Waals surface area (Å²) in [5, 5.41) is 4.08. The molecule has 0 spiro atoms. The molecule has 0 bridgehead atoms. The maximum Gasteiger partial charge on any atom is 0.193 e. The highest BCUT2D eigenvalue weighted by Gasteiger charge is 2.16. The third-order valence-electron chi connectivity index (χ3n) is 4.57. The van der Waals surface area contributed by atoms with Crippen molar-refractivity contribution in [2.24, 2.45) is 0 Å². The molecule has 0 amide bonds. The molecule has 0 saturated carbocycles. The minimum absolute atomic E-state index is 0.0258. The van der Waals surface area contributed by atoms with Crippen molar-refractivity contribution in [3.05, 3.63) is 94.4 Å². The largest absolute Gasteiger partial charge is 0.455 e. The standard InChI is InChI=1S/C23H20N2O2/c1-15-11-19(16(2)25-18-8-4-3-5-9-18)23-20(12-15)21(26)13-22(27-23)17-7-6-10-24-14-17/h3-14,16,25H,1-2H3. The number of rotatable bonds is 4. The molecule has 2 aromatic carbocycles. The average Bonchev–Trinajstić information content (AvgIpc) is 2.69. The summed E-state index contributed by atoms with van der Waals surface area (Å²) in [6, 6.07) is 19.2. The van der Waals surface area contributed by atoms with Crippen LogP contribution in [0, 0.1) is 6.92 Å². The second-order valence-corrected chi connectivity index (χ2v) is 6.68. The Balaban J connectivity index is 1.86. The van der Waals surface area contributed by atoms with E-state index in [1.165, 1.54) is 6.07 Å². The molecule has 4 rings (SSSR count). The van der Waals surface area contributed by atoms with Crippen molar-refractivity contribution >= 4 is 16.7 Å². The van der Waals surface area contributed by atoms with Gasteiger partial charge in [-0.2, -0.15) is 0 Å². The van der Waals surface area contributed by atoms with Gasteiger partial charge in [0.25, 0.3) is 0 Å². The minimum atomic E-state index is -0.0491. The SMILES string of the molecule is Cc1cc(C(C)Nc2ccccc2)c2oc(-c3cccnc3)cc(=O)c2c1. The Labute approximate surface area is 157 Å². The molecule has 0 saturated heterocycles. The predicted molar refractivity (Wildman–Crippen MR) is 109 cm³/mol. The minimum Gasteiger partial charge on any atom is -0.455 e. The van der Waals surface area contributed by atoms with Crippen LogP contribution < -0.4 is 10.7 Å². The number of fused-ring (bicyclic) bond motifs is 1. The number of nitrogens with one attached hydrogen (secondary N) is 1. The maximum atomic E-state index is 12.8. The van der Waals surface area contributed by atoms with Crippen molar-refractivity contribution in [3.8, 4) is 11.3 Å². The number of aromatic nitrogens is 1. The van der Waals surface area contributed by atoms with E-state index in [9.17, 15) is 4.79 Å².